The summed E-state index contributed by atoms with van der Waals surface area (Å²) in [5, 5.41) is 4.20. The predicted octanol–water partition coefficient (Wildman–Crippen LogP) is 5.48. The summed E-state index contributed by atoms with van der Waals surface area (Å²) in [5.41, 5.74) is 4.47. The minimum Gasteiger partial charge on any atom is -0.378 e. The number of fused-ring (bicyclic) bond motifs is 1. The molecule has 0 fully saturated rings. The molecule has 0 aliphatic carbocycles. The fraction of sp³-hybridized carbons (Fsp3) is 0.276. The van der Waals surface area contributed by atoms with Crippen LogP contribution < -0.4 is 10.2 Å². The fourth-order valence-corrected chi connectivity index (χ4v) is 6.59. The number of aromatic nitrogens is 1. The van der Waals surface area contributed by atoms with Crippen molar-refractivity contribution in [3.8, 4) is 0 Å². The molecule has 2 N–H and O–H groups in total. The van der Waals surface area contributed by atoms with E-state index in [-0.39, 0.29) is 27.3 Å². The Bertz CT molecular complexity index is 1530. The number of benzene rings is 3. The maximum Gasteiger partial charge on any atom is 0.251 e. The number of anilines is 1. The van der Waals surface area contributed by atoms with Crippen LogP contribution in [0.25, 0.3) is 10.9 Å². The lowest BCUT2D eigenvalue weighted by Crippen LogP contribution is -2.32. The van der Waals surface area contributed by atoms with Crippen molar-refractivity contribution >= 4 is 44.1 Å². The number of carbonyl (C=O) groups excluding carboxylic acids is 1. The number of hydrogen-bond acceptors (Lipinski definition) is 4. The maximum absolute atomic E-state index is 13.3. The third-order valence-electron chi connectivity index (χ3n) is 6.79. The van der Waals surface area contributed by atoms with Crippen LogP contribution in [0.5, 0.6) is 0 Å². The van der Waals surface area contributed by atoms with Gasteiger partial charge in [0.25, 0.3) is 5.91 Å². The third kappa shape index (κ3) is 5.57. The lowest BCUT2D eigenvalue weighted by Gasteiger charge is -2.21. The molecule has 0 spiro atoms. The number of nitrogens with zero attached hydrogens (tertiary/aromatic N) is 2. The zero-order chi connectivity index (χ0) is 27.4. The second kappa shape index (κ2) is 11.6. The molecule has 4 aromatic rings. The molecule has 0 unspecified atom stereocenters. The Morgan fingerprint density at radius 1 is 1.00 bits per heavy atom. The van der Waals surface area contributed by atoms with Crippen LogP contribution in [-0.4, -0.2) is 57.3 Å². The van der Waals surface area contributed by atoms with Crippen molar-refractivity contribution in [3.05, 3.63) is 94.6 Å². The Kier molecular flexibility index (Phi) is 8.45. The Morgan fingerprint density at radius 2 is 1.68 bits per heavy atom. The number of carbonyl (C=O) groups is 1. The molecule has 1 atom stereocenters. The Hall–Kier alpha value is -3.33. The number of nitrogens with one attached hydrogen (secondary N) is 2. The van der Waals surface area contributed by atoms with Gasteiger partial charge in [-0.1, -0.05) is 55.8 Å². The van der Waals surface area contributed by atoms with Crippen molar-refractivity contribution in [2.24, 2.45) is 0 Å². The summed E-state index contributed by atoms with van der Waals surface area (Å²) in [4.78, 5) is 18.6. The van der Waals surface area contributed by atoms with Crippen molar-refractivity contribution in [1.82, 2.24) is 14.6 Å². The van der Waals surface area contributed by atoms with Crippen molar-refractivity contribution in [2.75, 3.05) is 38.6 Å². The average Bonchev–Trinajstić information content (AvgIpc) is 3.33. The van der Waals surface area contributed by atoms with Crippen molar-refractivity contribution in [2.45, 2.75) is 24.7 Å². The minimum atomic E-state index is -3.82. The highest BCUT2D eigenvalue weighted by Crippen LogP contribution is 2.32. The van der Waals surface area contributed by atoms with Crippen molar-refractivity contribution in [3.63, 3.8) is 0 Å². The predicted molar refractivity (Wildman–Crippen MR) is 155 cm³/mol. The summed E-state index contributed by atoms with van der Waals surface area (Å²) >= 11 is 6.26. The summed E-state index contributed by atoms with van der Waals surface area (Å²) in [7, 11) is 0.167. The topological polar surface area (TPSA) is 85.5 Å². The van der Waals surface area contributed by atoms with Gasteiger partial charge in [0, 0.05) is 68.0 Å². The first-order chi connectivity index (χ1) is 18.2. The van der Waals surface area contributed by atoms with Crippen molar-refractivity contribution in [1.29, 1.82) is 0 Å². The molecule has 0 bridgehead atoms. The van der Waals surface area contributed by atoms with Crippen LogP contribution in [0.1, 0.15) is 41.3 Å². The SMILES string of the molecule is CCN(CC)S(=O)(=O)c1cc(C(=O)NC[C@@H](c2ccc(N(C)C)cc2)c2c[nH]c3ccccc23)ccc1Cl. The summed E-state index contributed by atoms with van der Waals surface area (Å²) in [6.45, 7) is 4.47. The molecule has 200 valence electrons. The Balaban J connectivity index is 1.65. The molecule has 1 amide bonds. The van der Waals surface area contributed by atoms with E-state index in [1.165, 1.54) is 16.4 Å². The van der Waals surface area contributed by atoms with Gasteiger partial charge in [0.15, 0.2) is 0 Å². The van der Waals surface area contributed by atoms with Gasteiger partial charge in [-0.25, -0.2) is 8.42 Å². The summed E-state index contributed by atoms with van der Waals surface area (Å²) in [5.74, 6) is -0.495. The zero-order valence-electron chi connectivity index (χ0n) is 22.0. The second-order valence-corrected chi connectivity index (χ2v) is 11.6. The number of halogens is 1. The van der Waals surface area contributed by atoms with Gasteiger partial charge < -0.3 is 15.2 Å². The molecule has 1 aromatic heterocycles. The highest BCUT2D eigenvalue weighted by atomic mass is 35.5. The summed E-state index contributed by atoms with van der Waals surface area (Å²) < 4.78 is 27.5. The standard InChI is InChI=1S/C29H33ClN4O3S/c1-5-34(6-2)38(36,37)28-17-21(13-16-26(28)30)29(35)32-18-24(20-11-14-22(15-12-20)33(3)4)25-19-31-27-10-8-7-9-23(25)27/h7-17,19,24,31H,5-6,18H2,1-4H3,(H,32,35)/t24-/m0/s1. The first kappa shape index (κ1) is 27.7. The maximum atomic E-state index is 13.3. The molecule has 3 aromatic carbocycles. The number of aromatic amines is 1. The molecule has 4 rings (SSSR count). The second-order valence-electron chi connectivity index (χ2n) is 9.27. The van der Waals surface area contributed by atoms with Crippen molar-refractivity contribution < 1.29 is 13.2 Å². The first-order valence-corrected chi connectivity index (χ1v) is 14.4. The van der Waals surface area contributed by atoms with E-state index in [1.54, 1.807) is 19.9 Å². The molecule has 0 saturated carbocycles. The lowest BCUT2D eigenvalue weighted by molar-refractivity contribution is 0.0952. The van der Waals surface area contributed by atoms with Crippen LogP contribution in [-0.2, 0) is 10.0 Å². The number of sulfonamides is 1. The molecule has 0 radical (unpaired) electrons. The van der Waals surface area contributed by atoms with E-state index in [0.29, 0.717) is 19.6 Å². The number of hydrogen-bond donors (Lipinski definition) is 2. The number of H-pyrrole nitrogens is 1. The Morgan fingerprint density at radius 3 is 2.34 bits per heavy atom. The highest BCUT2D eigenvalue weighted by Gasteiger charge is 2.26. The van der Waals surface area contributed by atoms with Gasteiger partial charge in [-0.3, -0.25) is 4.79 Å². The minimum absolute atomic E-state index is 0.0667. The molecule has 38 heavy (non-hydrogen) atoms. The lowest BCUT2D eigenvalue weighted by atomic mass is 9.90. The van der Waals surface area contributed by atoms with Gasteiger partial charge in [-0.2, -0.15) is 4.31 Å². The first-order valence-electron chi connectivity index (χ1n) is 12.6. The monoisotopic (exact) mass is 552 g/mol. The molecular formula is C29H33ClN4O3S. The van der Waals surface area contributed by atoms with E-state index in [2.05, 4.69) is 40.6 Å². The van der Waals surface area contributed by atoms with Gasteiger partial charge in [0.2, 0.25) is 10.0 Å². The van der Waals surface area contributed by atoms with E-state index < -0.39 is 10.0 Å². The molecule has 0 aliphatic heterocycles. The van der Waals surface area contributed by atoms with Gasteiger partial charge in [-0.05, 0) is 47.5 Å². The molecular weight excluding hydrogens is 520 g/mol. The molecule has 1 heterocycles. The smallest absolute Gasteiger partial charge is 0.251 e. The average molecular weight is 553 g/mol. The summed E-state index contributed by atoms with van der Waals surface area (Å²) in [6, 6.07) is 20.7. The number of amides is 1. The summed E-state index contributed by atoms with van der Waals surface area (Å²) in [6.07, 6.45) is 1.98. The normalized spacial score (nSPS) is 12.6. The van der Waals surface area contributed by atoms with E-state index in [4.69, 9.17) is 11.6 Å². The van der Waals surface area contributed by atoms with Crippen LogP contribution in [0.15, 0.2) is 77.8 Å². The van der Waals surface area contributed by atoms with Crippen LogP contribution in [0.3, 0.4) is 0 Å². The third-order valence-corrected chi connectivity index (χ3v) is 9.32. The molecule has 0 aliphatic rings. The quantitative estimate of drug-likeness (QED) is 0.273. The largest absolute Gasteiger partial charge is 0.378 e. The van der Waals surface area contributed by atoms with Gasteiger partial charge >= 0.3 is 0 Å². The van der Waals surface area contributed by atoms with Gasteiger partial charge in [0.05, 0.1) is 5.02 Å². The fourth-order valence-electron chi connectivity index (χ4n) is 4.64. The van der Waals surface area contributed by atoms with Gasteiger partial charge in [0.1, 0.15) is 4.90 Å². The van der Waals surface area contributed by atoms with Gasteiger partial charge in [-0.15, -0.1) is 0 Å². The van der Waals surface area contributed by atoms with Crippen LogP contribution in [0.4, 0.5) is 5.69 Å². The van der Waals surface area contributed by atoms with E-state index >= 15 is 0 Å². The molecule has 7 nitrogen and oxygen atoms in total. The van der Waals surface area contributed by atoms with E-state index in [9.17, 15) is 13.2 Å². The van der Waals surface area contributed by atoms with Crippen LogP contribution in [0.2, 0.25) is 5.02 Å². The molecule has 0 saturated heterocycles. The van der Waals surface area contributed by atoms with Crippen LogP contribution in [0, 0.1) is 0 Å². The van der Waals surface area contributed by atoms with E-state index in [1.807, 2.05) is 43.4 Å². The number of rotatable bonds is 10. The molecule has 9 heteroatoms. The number of para-hydroxylation sites is 1. The van der Waals surface area contributed by atoms with E-state index in [0.717, 1.165) is 27.7 Å². The zero-order valence-corrected chi connectivity index (χ0v) is 23.6. The van der Waals surface area contributed by atoms with Crippen LogP contribution >= 0.6 is 11.6 Å². The highest BCUT2D eigenvalue weighted by molar-refractivity contribution is 7.89. The Labute approximate surface area is 229 Å².